The quantitative estimate of drug-likeness (QED) is 0.582. The van der Waals surface area contributed by atoms with Crippen molar-refractivity contribution < 1.29 is 13.9 Å². The third kappa shape index (κ3) is 2.80. The minimum atomic E-state index is -0.384. The molecule has 1 aromatic carbocycles. The zero-order chi connectivity index (χ0) is 10.4. The van der Waals surface area contributed by atoms with Gasteiger partial charge in [-0.05, 0) is 12.1 Å². The summed E-state index contributed by atoms with van der Waals surface area (Å²) in [4.78, 5) is 0. The van der Waals surface area contributed by atoms with E-state index in [9.17, 15) is 4.39 Å². The smallest absolute Gasteiger partial charge is 0.163 e. The Morgan fingerprint density at radius 2 is 2.14 bits per heavy atom. The van der Waals surface area contributed by atoms with Crippen LogP contribution in [-0.4, -0.2) is 20.4 Å². The number of benzene rings is 1. The van der Waals surface area contributed by atoms with Gasteiger partial charge in [-0.25, -0.2) is 0 Å². The molecule has 0 aromatic heterocycles. The summed E-state index contributed by atoms with van der Waals surface area (Å²) < 4.78 is 22.2. The number of alkyl halides is 1. The van der Waals surface area contributed by atoms with Crippen LogP contribution in [0, 0.1) is 0 Å². The molecule has 0 unspecified atom stereocenters. The summed E-state index contributed by atoms with van der Waals surface area (Å²) in [5.41, 5.74) is 6.17. The molecule has 3 nitrogen and oxygen atoms in total. The van der Waals surface area contributed by atoms with Gasteiger partial charge in [-0.3, -0.25) is 4.39 Å². The lowest BCUT2D eigenvalue weighted by atomic mass is 10.3. The maximum Gasteiger partial charge on any atom is 0.163 e. The first kappa shape index (κ1) is 10.6. The van der Waals surface area contributed by atoms with Gasteiger partial charge in [0.15, 0.2) is 11.5 Å². The molecule has 0 spiro atoms. The lowest BCUT2D eigenvalue weighted by molar-refractivity contribution is 0.274. The van der Waals surface area contributed by atoms with Crippen LogP contribution < -0.4 is 15.2 Å². The number of halogens is 1. The number of nitrogen functional groups attached to an aromatic ring is 1. The van der Waals surface area contributed by atoms with E-state index in [-0.39, 0.29) is 6.67 Å². The largest absolute Gasteiger partial charge is 0.493 e. The van der Waals surface area contributed by atoms with Crippen LogP contribution in [0.25, 0.3) is 0 Å². The summed E-state index contributed by atoms with van der Waals surface area (Å²) in [6.45, 7) is -0.0546. The number of anilines is 1. The van der Waals surface area contributed by atoms with Gasteiger partial charge in [0, 0.05) is 18.2 Å². The second kappa shape index (κ2) is 5.32. The Hall–Kier alpha value is -1.45. The average molecular weight is 199 g/mol. The lowest BCUT2D eigenvalue weighted by Gasteiger charge is -2.10. The Labute approximate surface area is 82.6 Å². The summed E-state index contributed by atoms with van der Waals surface area (Å²) >= 11 is 0. The van der Waals surface area contributed by atoms with Crippen LogP contribution in [0.5, 0.6) is 11.5 Å². The number of ether oxygens (including phenoxy) is 2. The fraction of sp³-hybridized carbons (Fsp3) is 0.400. The molecule has 0 bridgehead atoms. The Balaban J connectivity index is 2.67. The highest BCUT2D eigenvalue weighted by Gasteiger charge is 2.03. The molecule has 0 aliphatic heterocycles. The molecule has 4 heteroatoms. The van der Waals surface area contributed by atoms with E-state index in [0.717, 1.165) is 0 Å². The first-order valence-electron chi connectivity index (χ1n) is 4.40. The van der Waals surface area contributed by atoms with Gasteiger partial charge in [-0.2, -0.15) is 0 Å². The van der Waals surface area contributed by atoms with Crippen molar-refractivity contribution in [3.05, 3.63) is 18.2 Å². The van der Waals surface area contributed by atoms with Gasteiger partial charge in [0.2, 0.25) is 0 Å². The number of hydrogen-bond donors (Lipinski definition) is 1. The van der Waals surface area contributed by atoms with Crippen LogP contribution in [0.1, 0.15) is 6.42 Å². The van der Waals surface area contributed by atoms with Gasteiger partial charge in [-0.1, -0.05) is 0 Å². The molecular formula is C10H14FNO2. The molecule has 1 aromatic rings. The minimum absolute atomic E-state index is 0.330. The molecule has 0 saturated carbocycles. The van der Waals surface area contributed by atoms with Crippen LogP contribution in [0.4, 0.5) is 10.1 Å². The highest BCUT2D eigenvalue weighted by Crippen LogP contribution is 2.28. The molecule has 0 amide bonds. The van der Waals surface area contributed by atoms with E-state index in [0.29, 0.717) is 30.2 Å². The predicted octanol–water partition coefficient (Wildman–Crippen LogP) is 2.02. The third-order valence-corrected chi connectivity index (χ3v) is 1.72. The molecule has 0 saturated heterocycles. The average Bonchev–Trinajstić information content (AvgIpc) is 2.19. The minimum Gasteiger partial charge on any atom is -0.493 e. The zero-order valence-corrected chi connectivity index (χ0v) is 8.13. The number of methoxy groups -OCH3 is 1. The van der Waals surface area contributed by atoms with Crippen LogP contribution in [0.15, 0.2) is 18.2 Å². The third-order valence-electron chi connectivity index (χ3n) is 1.72. The second-order valence-electron chi connectivity index (χ2n) is 2.80. The molecule has 14 heavy (non-hydrogen) atoms. The number of rotatable bonds is 5. The van der Waals surface area contributed by atoms with Gasteiger partial charge in [0.1, 0.15) is 0 Å². The highest BCUT2D eigenvalue weighted by molar-refractivity contribution is 5.51. The second-order valence-corrected chi connectivity index (χ2v) is 2.80. The van der Waals surface area contributed by atoms with E-state index in [4.69, 9.17) is 15.2 Å². The molecule has 0 aliphatic rings. The summed E-state index contributed by atoms with van der Waals surface area (Å²) in [6.07, 6.45) is 0.373. The van der Waals surface area contributed by atoms with Gasteiger partial charge < -0.3 is 15.2 Å². The van der Waals surface area contributed by atoms with E-state index in [1.807, 2.05) is 0 Å². The normalized spacial score (nSPS) is 9.86. The maximum absolute atomic E-state index is 11.8. The zero-order valence-electron chi connectivity index (χ0n) is 8.13. The maximum atomic E-state index is 11.8. The van der Waals surface area contributed by atoms with Gasteiger partial charge in [0.05, 0.1) is 20.4 Å². The van der Waals surface area contributed by atoms with Crippen LogP contribution in [0.3, 0.4) is 0 Å². The Bertz CT molecular complexity index is 291. The van der Waals surface area contributed by atoms with Crippen molar-refractivity contribution in [3.8, 4) is 11.5 Å². The van der Waals surface area contributed by atoms with Crippen LogP contribution >= 0.6 is 0 Å². The first-order chi connectivity index (χ1) is 6.77. The van der Waals surface area contributed by atoms with E-state index >= 15 is 0 Å². The molecule has 0 heterocycles. The van der Waals surface area contributed by atoms with Crippen LogP contribution in [0.2, 0.25) is 0 Å². The summed E-state index contributed by atoms with van der Waals surface area (Å²) in [6, 6.07) is 5.11. The van der Waals surface area contributed by atoms with E-state index in [2.05, 4.69) is 0 Å². The standard InChI is InChI=1S/C10H14FNO2/c1-13-9-4-3-8(12)7-10(9)14-6-2-5-11/h3-4,7H,2,5-6,12H2,1H3. The van der Waals surface area contributed by atoms with Gasteiger partial charge in [-0.15, -0.1) is 0 Å². The van der Waals surface area contributed by atoms with E-state index < -0.39 is 0 Å². The van der Waals surface area contributed by atoms with Crippen molar-refractivity contribution in [2.24, 2.45) is 0 Å². The SMILES string of the molecule is COc1ccc(N)cc1OCCCF. The fourth-order valence-corrected chi connectivity index (χ4v) is 1.04. The molecule has 0 aliphatic carbocycles. The topological polar surface area (TPSA) is 44.5 Å². The van der Waals surface area contributed by atoms with Crippen molar-refractivity contribution >= 4 is 5.69 Å². The summed E-state index contributed by atoms with van der Waals surface area (Å²) in [7, 11) is 1.55. The Morgan fingerprint density at radius 1 is 1.36 bits per heavy atom. The number of hydrogen-bond acceptors (Lipinski definition) is 3. The Kier molecular flexibility index (Phi) is 4.04. The fourth-order valence-electron chi connectivity index (χ4n) is 1.04. The van der Waals surface area contributed by atoms with Crippen molar-refractivity contribution in [2.45, 2.75) is 6.42 Å². The molecule has 0 atom stereocenters. The first-order valence-corrected chi connectivity index (χ1v) is 4.40. The molecule has 0 radical (unpaired) electrons. The molecule has 2 N–H and O–H groups in total. The highest BCUT2D eigenvalue weighted by atomic mass is 19.1. The molecule has 78 valence electrons. The summed E-state index contributed by atoms with van der Waals surface area (Å²) in [5, 5.41) is 0. The lowest BCUT2D eigenvalue weighted by Crippen LogP contribution is -2.00. The van der Waals surface area contributed by atoms with Crippen LogP contribution in [-0.2, 0) is 0 Å². The molecule has 0 fully saturated rings. The van der Waals surface area contributed by atoms with Crippen molar-refractivity contribution in [1.82, 2.24) is 0 Å². The molecular weight excluding hydrogens is 185 g/mol. The van der Waals surface area contributed by atoms with Gasteiger partial charge in [0.25, 0.3) is 0 Å². The van der Waals surface area contributed by atoms with E-state index in [1.165, 1.54) is 0 Å². The van der Waals surface area contributed by atoms with Crippen molar-refractivity contribution in [1.29, 1.82) is 0 Å². The van der Waals surface area contributed by atoms with Gasteiger partial charge >= 0.3 is 0 Å². The van der Waals surface area contributed by atoms with Crippen molar-refractivity contribution in [2.75, 3.05) is 26.1 Å². The Morgan fingerprint density at radius 3 is 2.79 bits per heavy atom. The summed E-state index contributed by atoms with van der Waals surface area (Å²) in [5.74, 6) is 1.17. The van der Waals surface area contributed by atoms with E-state index in [1.54, 1.807) is 25.3 Å². The number of nitrogens with two attached hydrogens (primary N) is 1. The molecule has 1 rings (SSSR count). The predicted molar refractivity (Wildman–Crippen MR) is 53.5 cm³/mol. The monoisotopic (exact) mass is 199 g/mol. The van der Waals surface area contributed by atoms with Crippen molar-refractivity contribution in [3.63, 3.8) is 0 Å².